The van der Waals surface area contributed by atoms with Crippen LogP contribution in [0.3, 0.4) is 0 Å². The Morgan fingerprint density at radius 1 is 1.04 bits per heavy atom. The molecule has 0 spiro atoms. The molecule has 0 unspecified atom stereocenters. The van der Waals surface area contributed by atoms with Gasteiger partial charge in [0, 0.05) is 32.6 Å². The minimum absolute atomic E-state index is 0.0130. The summed E-state index contributed by atoms with van der Waals surface area (Å²) in [6, 6.07) is 9.01. The summed E-state index contributed by atoms with van der Waals surface area (Å²) in [6.45, 7) is 1.12. The highest BCUT2D eigenvalue weighted by Crippen LogP contribution is 2.44. The molecule has 2 aliphatic rings. The molecule has 0 atom stereocenters. The highest BCUT2D eigenvalue weighted by Gasteiger charge is 2.46. The molecule has 26 heavy (non-hydrogen) atoms. The van der Waals surface area contributed by atoms with Crippen molar-refractivity contribution in [2.45, 2.75) is 31.4 Å². The fourth-order valence-electron chi connectivity index (χ4n) is 3.56. The number of carboxylic acids is 1. The van der Waals surface area contributed by atoms with Gasteiger partial charge in [0.15, 0.2) is 0 Å². The number of piperazine rings is 1. The Balaban J connectivity index is 1.55. The number of carbonyl (C=O) groups excluding carboxylic acids is 1. The number of rotatable bonds is 6. The predicted octanol–water partition coefficient (Wildman–Crippen LogP) is 1.31. The van der Waals surface area contributed by atoms with Crippen LogP contribution in [0.25, 0.3) is 0 Å². The van der Waals surface area contributed by atoms with E-state index in [0.29, 0.717) is 25.9 Å². The Kier molecular flexibility index (Phi) is 5.34. The van der Waals surface area contributed by atoms with Gasteiger partial charge in [-0.3, -0.25) is 9.59 Å². The number of benzene rings is 1. The van der Waals surface area contributed by atoms with Gasteiger partial charge in [-0.2, -0.15) is 4.31 Å². The number of nitrogens with zero attached hydrogens (tertiary/aromatic N) is 2. The second-order valence-corrected chi connectivity index (χ2v) is 9.11. The lowest BCUT2D eigenvalue weighted by atomic mass is 9.66. The van der Waals surface area contributed by atoms with Crippen molar-refractivity contribution in [1.29, 1.82) is 0 Å². The molecule has 8 heteroatoms. The van der Waals surface area contributed by atoms with Crippen LogP contribution < -0.4 is 0 Å². The quantitative estimate of drug-likeness (QED) is 0.803. The van der Waals surface area contributed by atoms with Gasteiger partial charge in [-0.05, 0) is 18.4 Å². The summed E-state index contributed by atoms with van der Waals surface area (Å²) in [6.07, 6.45) is 1.93. The first-order chi connectivity index (χ1) is 12.3. The van der Waals surface area contributed by atoms with Gasteiger partial charge in [-0.25, -0.2) is 8.42 Å². The van der Waals surface area contributed by atoms with Gasteiger partial charge in [0.25, 0.3) is 0 Å². The Morgan fingerprint density at radius 2 is 1.65 bits per heavy atom. The summed E-state index contributed by atoms with van der Waals surface area (Å²) >= 11 is 0. The average molecular weight is 380 g/mol. The zero-order chi connectivity index (χ0) is 18.8. The van der Waals surface area contributed by atoms with Crippen LogP contribution in [0.4, 0.5) is 0 Å². The molecule has 142 valence electrons. The van der Waals surface area contributed by atoms with Crippen LogP contribution in [0.5, 0.6) is 0 Å². The van der Waals surface area contributed by atoms with Gasteiger partial charge in [-0.15, -0.1) is 0 Å². The smallest absolute Gasteiger partial charge is 0.310 e. The van der Waals surface area contributed by atoms with Gasteiger partial charge in [0.05, 0.1) is 11.2 Å². The number of hydrogen-bond donors (Lipinski definition) is 1. The predicted molar refractivity (Wildman–Crippen MR) is 95.8 cm³/mol. The summed E-state index contributed by atoms with van der Waals surface area (Å²) in [5.74, 6) is -1.14. The molecule has 1 amide bonds. The summed E-state index contributed by atoms with van der Waals surface area (Å²) < 4.78 is 26.5. The Hall–Kier alpha value is -1.93. The molecule has 2 fully saturated rings. The number of carboxylic acid groups (broad SMARTS) is 1. The number of sulfonamides is 1. The molecule has 1 heterocycles. The van der Waals surface area contributed by atoms with Crippen LogP contribution in [-0.4, -0.2) is 60.8 Å². The molecule has 7 nitrogen and oxygen atoms in total. The normalized spacial score (nSPS) is 20.4. The van der Waals surface area contributed by atoms with Crippen LogP contribution in [-0.2, 0) is 25.4 Å². The van der Waals surface area contributed by atoms with E-state index in [4.69, 9.17) is 0 Å². The van der Waals surface area contributed by atoms with Crippen molar-refractivity contribution >= 4 is 21.9 Å². The molecule has 0 bridgehead atoms. The molecule has 1 aromatic carbocycles. The maximum Gasteiger partial charge on any atom is 0.310 e. The van der Waals surface area contributed by atoms with E-state index in [-0.39, 0.29) is 31.2 Å². The van der Waals surface area contributed by atoms with Crippen LogP contribution >= 0.6 is 0 Å². The van der Waals surface area contributed by atoms with Gasteiger partial charge in [-0.1, -0.05) is 36.8 Å². The first kappa shape index (κ1) is 18.8. The van der Waals surface area contributed by atoms with Crippen molar-refractivity contribution in [2.24, 2.45) is 5.41 Å². The number of hydrogen-bond acceptors (Lipinski definition) is 4. The van der Waals surface area contributed by atoms with E-state index < -0.39 is 21.4 Å². The molecule has 1 N–H and O–H groups in total. The fraction of sp³-hybridized carbons (Fsp3) is 0.556. The van der Waals surface area contributed by atoms with Gasteiger partial charge < -0.3 is 10.0 Å². The Bertz CT molecular complexity index is 766. The van der Waals surface area contributed by atoms with E-state index in [2.05, 4.69) is 0 Å². The van der Waals surface area contributed by atoms with Crippen molar-refractivity contribution in [3.05, 3.63) is 35.9 Å². The molecular formula is C18H24N2O5S. The van der Waals surface area contributed by atoms with Gasteiger partial charge in [0.1, 0.15) is 0 Å². The fourth-order valence-corrected chi connectivity index (χ4v) is 5.08. The molecule has 1 aromatic rings. The lowest BCUT2D eigenvalue weighted by molar-refractivity contribution is -0.159. The zero-order valence-electron chi connectivity index (χ0n) is 14.6. The molecule has 1 aliphatic heterocycles. The summed E-state index contributed by atoms with van der Waals surface area (Å²) in [7, 11) is -3.43. The Labute approximate surface area is 153 Å². The van der Waals surface area contributed by atoms with Crippen LogP contribution in [0.15, 0.2) is 30.3 Å². The zero-order valence-corrected chi connectivity index (χ0v) is 15.5. The first-order valence-electron chi connectivity index (χ1n) is 8.85. The average Bonchev–Trinajstić information content (AvgIpc) is 2.58. The summed E-state index contributed by atoms with van der Waals surface area (Å²) in [5, 5.41) is 9.36. The van der Waals surface area contributed by atoms with Gasteiger partial charge in [0.2, 0.25) is 15.9 Å². The largest absolute Gasteiger partial charge is 0.481 e. The van der Waals surface area contributed by atoms with E-state index in [1.165, 1.54) is 4.31 Å². The lowest BCUT2D eigenvalue weighted by Gasteiger charge is -2.40. The van der Waals surface area contributed by atoms with Crippen molar-refractivity contribution < 1.29 is 23.1 Å². The van der Waals surface area contributed by atoms with E-state index in [9.17, 15) is 23.1 Å². The van der Waals surface area contributed by atoms with Crippen molar-refractivity contribution in [3.8, 4) is 0 Å². The molecular weight excluding hydrogens is 356 g/mol. The summed E-state index contributed by atoms with van der Waals surface area (Å²) in [4.78, 5) is 25.5. The molecule has 1 aliphatic carbocycles. The van der Waals surface area contributed by atoms with E-state index in [0.717, 1.165) is 12.0 Å². The molecule has 1 saturated carbocycles. The third-order valence-corrected chi connectivity index (χ3v) is 7.28. The molecule has 3 rings (SSSR count). The third-order valence-electron chi connectivity index (χ3n) is 5.43. The molecule has 0 aromatic heterocycles. The van der Waals surface area contributed by atoms with Gasteiger partial charge >= 0.3 is 5.97 Å². The van der Waals surface area contributed by atoms with Crippen molar-refractivity contribution in [3.63, 3.8) is 0 Å². The van der Waals surface area contributed by atoms with E-state index in [1.807, 2.05) is 6.07 Å². The van der Waals surface area contributed by atoms with E-state index in [1.54, 1.807) is 29.2 Å². The second-order valence-electron chi connectivity index (χ2n) is 7.14. The minimum Gasteiger partial charge on any atom is -0.481 e. The maximum absolute atomic E-state index is 12.5. The Morgan fingerprint density at radius 3 is 2.15 bits per heavy atom. The second kappa shape index (κ2) is 7.36. The number of aliphatic carboxylic acids is 1. The SMILES string of the molecule is O=C(CC1(C(=O)O)CCC1)N1CCN(S(=O)(=O)Cc2ccccc2)CC1. The van der Waals surface area contributed by atoms with Crippen LogP contribution in [0.1, 0.15) is 31.2 Å². The van der Waals surface area contributed by atoms with Crippen molar-refractivity contribution in [1.82, 2.24) is 9.21 Å². The van der Waals surface area contributed by atoms with Crippen LogP contribution in [0.2, 0.25) is 0 Å². The number of amides is 1. The highest BCUT2D eigenvalue weighted by atomic mass is 32.2. The topological polar surface area (TPSA) is 95.0 Å². The molecule has 1 saturated heterocycles. The monoisotopic (exact) mass is 380 g/mol. The van der Waals surface area contributed by atoms with E-state index >= 15 is 0 Å². The first-order valence-corrected chi connectivity index (χ1v) is 10.5. The maximum atomic E-state index is 12.5. The highest BCUT2D eigenvalue weighted by molar-refractivity contribution is 7.88. The third kappa shape index (κ3) is 3.91. The van der Waals surface area contributed by atoms with Crippen LogP contribution in [0, 0.1) is 5.41 Å². The van der Waals surface area contributed by atoms with Crippen molar-refractivity contribution in [2.75, 3.05) is 26.2 Å². The minimum atomic E-state index is -3.43. The summed E-state index contributed by atoms with van der Waals surface area (Å²) in [5.41, 5.74) is -0.174. The number of carbonyl (C=O) groups is 2. The molecule has 0 radical (unpaired) electrons. The standard InChI is InChI=1S/C18H24N2O5S/c21-16(13-18(17(22)23)7-4-8-18)19-9-11-20(12-10-19)26(24,25)14-15-5-2-1-3-6-15/h1-3,5-6H,4,7-14H2,(H,22,23). The lowest BCUT2D eigenvalue weighted by Crippen LogP contribution is -2.52.